The topological polar surface area (TPSA) is 8.81 Å². The van der Waals surface area contributed by atoms with E-state index in [1.165, 1.54) is 11.4 Å². The Bertz CT molecular complexity index is 386. The number of rotatable bonds is 3. The SMILES string of the molecule is Cc1c(C)[n+](C(C)C)[c]([Ge]([CH3])([I])[I])n1C(C)C. The van der Waals surface area contributed by atoms with Crippen molar-refractivity contribution in [3.63, 3.8) is 0 Å². The first-order valence-corrected chi connectivity index (χ1v) is 22.0. The van der Waals surface area contributed by atoms with Crippen LogP contribution < -0.4 is 9.22 Å². The molecule has 0 N–H and O–H groups in total. The second kappa shape index (κ2) is 5.68. The Hall–Kier alpha value is 1.21. The number of aromatic nitrogens is 2. The Morgan fingerprint density at radius 3 is 1.88 bits per heavy atom. The predicted molar refractivity (Wildman–Crippen MR) is 94.2 cm³/mol. The molecule has 0 unspecified atom stereocenters. The molecule has 0 atom stereocenters. The molecule has 1 aromatic rings. The van der Waals surface area contributed by atoms with Gasteiger partial charge in [0, 0.05) is 0 Å². The molecule has 0 fully saturated rings. The van der Waals surface area contributed by atoms with Gasteiger partial charge < -0.3 is 0 Å². The molecule has 0 amide bonds. The van der Waals surface area contributed by atoms with Gasteiger partial charge in [0.05, 0.1) is 0 Å². The molecule has 5 heteroatoms. The van der Waals surface area contributed by atoms with E-state index in [0.29, 0.717) is 12.1 Å². The first-order valence-electron chi connectivity index (χ1n) is 6.10. The summed E-state index contributed by atoms with van der Waals surface area (Å²) in [6.07, 6.45) is 0. The number of imidazole rings is 1. The van der Waals surface area contributed by atoms with Gasteiger partial charge in [-0.15, -0.1) is 0 Å². The van der Waals surface area contributed by atoms with Crippen LogP contribution in [0.15, 0.2) is 0 Å². The quantitative estimate of drug-likeness (QED) is 0.326. The summed E-state index contributed by atoms with van der Waals surface area (Å²) >= 11 is 5.45. The minimum absolute atomic E-state index is 0.554. The van der Waals surface area contributed by atoms with Crippen molar-refractivity contribution >= 4 is 51.7 Å². The van der Waals surface area contributed by atoms with Crippen LogP contribution in [0, 0.1) is 13.8 Å². The van der Waals surface area contributed by atoms with Gasteiger partial charge in [-0.05, 0) is 0 Å². The molecule has 0 aliphatic rings. The molecule has 0 spiro atoms. The van der Waals surface area contributed by atoms with Gasteiger partial charge in [0.2, 0.25) is 0 Å². The first-order chi connectivity index (χ1) is 7.59. The van der Waals surface area contributed by atoms with E-state index in [1.54, 1.807) is 4.66 Å². The summed E-state index contributed by atoms with van der Waals surface area (Å²) in [6, 6.07) is 1.11. The van der Waals surface area contributed by atoms with Crippen molar-refractivity contribution in [1.29, 1.82) is 0 Å². The summed E-state index contributed by atoms with van der Waals surface area (Å²) in [4.78, 5) is 0. The fourth-order valence-corrected chi connectivity index (χ4v) is 11.4. The maximum absolute atomic E-state index is 2.72. The van der Waals surface area contributed by atoms with E-state index in [4.69, 9.17) is 0 Å². The van der Waals surface area contributed by atoms with E-state index in [0.717, 1.165) is 0 Å². The Labute approximate surface area is 130 Å². The second-order valence-corrected chi connectivity index (χ2v) is 43.1. The Morgan fingerprint density at radius 2 is 1.59 bits per heavy atom. The van der Waals surface area contributed by atoms with Crippen molar-refractivity contribution in [3.05, 3.63) is 11.4 Å². The first kappa shape index (κ1) is 16.3. The summed E-state index contributed by atoms with van der Waals surface area (Å²) in [5.74, 6) is 2.47. The molecule has 0 saturated heterocycles. The molecule has 0 aliphatic heterocycles. The normalized spacial score (nSPS) is 12.9. The molecule has 2 nitrogen and oxygen atoms in total. The van der Waals surface area contributed by atoms with E-state index in [1.807, 2.05) is 0 Å². The zero-order valence-electron chi connectivity index (χ0n) is 11.8. The van der Waals surface area contributed by atoms with Gasteiger partial charge in [0.25, 0.3) is 0 Å². The summed E-state index contributed by atoms with van der Waals surface area (Å²) in [7, 11) is 0. The summed E-state index contributed by atoms with van der Waals surface area (Å²) in [6.45, 7) is 11.8. The van der Waals surface area contributed by atoms with Crippen LogP contribution in [-0.2, 0) is 0 Å². The van der Waals surface area contributed by atoms with Gasteiger partial charge in [-0.25, -0.2) is 0 Å². The van der Waals surface area contributed by atoms with Crippen LogP contribution in [0.1, 0.15) is 51.2 Å². The summed E-state index contributed by atoms with van der Waals surface area (Å²) < 4.78 is 6.73. The van der Waals surface area contributed by atoms with Crippen molar-refractivity contribution in [3.8, 4) is 0 Å². The van der Waals surface area contributed by atoms with E-state index < -0.39 is 6.65 Å². The zero-order chi connectivity index (χ0) is 13.5. The summed E-state index contributed by atoms with van der Waals surface area (Å²) in [5, 5.41) is 0. The van der Waals surface area contributed by atoms with Crippen LogP contribution in [0.2, 0.25) is 5.76 Å². The molecule has 0 bridgehead atoms. The van der Waals surface area contributed by atoms with Crippen LogP contribution in [0.5, 0.6) is 0 Å². The monoisotopic (exact) mass is 523 g/mol. The van der Waals surface area contributed by atoms with Crippen LogP contribution in [0.3, 0.4) is 0 Å². The fourth-order valence-electron chi connectivity index (χ4n) is 2.47. The molecular weight excluding hydrogens is 499 g/mol. The number of hydrogen-bond donors (Lipinski definition) is 0. The van der Waals surface area contributed by atoms with Crippen molar-refractivity contribution in [1.82, 2.24) is 4.57 Å². The minimum atomic E-state index is -1.92. The molecule has 1 rings (SSSR count). The molecule has 0 aromatic carbocycles. The molecule has 0 radical (unpaired) electrons. The molecule has 0 aliphatic carbocycles. The molecular formula is C12H23GeI2N2+. The van der Waals surface area contributed by atoms with Crippen molar-refractivity contribution in [2.24, 2.45) is 0 Å². The zero-order valence-corrected chi connectivity index (χ0v) is 18.2. The van der Waals surface area contributed by atoms with Crippen LogP contribution in [-0.4, -0.2) is 11.2 Å². The molecule has 1 aromatic heterocycles. The Balaban J connectivity index is 3.67. The average molecular weight is 522 g/mol. The molecule has 98 valence electrons. The van der Waals surface area contributed by atoms with Crippen LogP contribution in [0.25, 0.3) is 0 Å². The van der Waals surface area contributed by atoms with Gasteiger partial charge in [-0.3, -0.25) is 0 Å². The standard InChI is InChI=1S/C12H23GeI2N2/c1-8(2)16-10(5)11(6)17(9(3)4)12(16)13(7,14)15/h8-9H,1-7H3/q+1. The van der Waals surface area contributed by atoms with Gasteiger partial charge in [-0.2, -0.15) is 0 Å². The van der Waals surface area contributed by atoms with Crippen LogP contribution >= 0.6 is 40.4 Å². The number of hydrogen-bond acceptors (Lipinski definition) is 0. The van der Waals surface area contributed by atoms with Crippen LogP contribution in [0.4, 0.5) is 0 Å². The number of nitrogens with zero attached hydrogens (tertiary/aromatic N) is 2. The third kappa shape index (κ3) is 3.21. The second-order valence-electron chi connectivity index (χ2n) is 5.31. The average Bonchev–Trinajstić information content (AvgIpc) is 2.39. The van der Waals surface area contributed by atoms with Crippen molar-refractivity contribution in [2.75, 3.05) is 0 Å². The van der Waals surface area contributed by atoms with Crippen molar-refractivity contribution in [2.45, 2.75) is 59.4 Å². The van der Waals surface area contributed by atoms with Crippen molar-refractivity contribution < 1.29 is 4.57 Å². The van der Waals surface area contributed by atoms with Gasteiger partial charge in [0.1, 0.15) is 0 Å². The van der Waals surface area contributed by atoms with E-state index in [9.17, 15) is 0 Å². The van der Waals surface area contributed by atoms with E-state index in [2.05, 4.69) is 96.9 Å². The number of halogens is 2. The predicted octanol–water partition coefficient (Wildman–Crippen LogP) is 3.70. The third-order valence-electron chi connectivity index (χ3n) is 3.13. The Kier molecular flexibility index (Phi) is 5.44. The third-order valence-corrected chi connectivity index (χ3v) is 10.8. The van der Waals surface area contributed by atoms with Gasteiger partial charge in [0.15, 0.2) is 0 Å². The maximum atomic E-state index is 2.72. The fraction of sp³-hybridized carbons (Fsp3) is 0.750. The van der Waals surface area contributed by atoms with Gasteiger partial charge >= 0.3 is 132 Å². The van der Waals surface area contributed by atoms with Gasteiger partial charge in [-0.1, -0.05) is 0 Å². The molecule has 0 saturated carbocycles. The Morgan fingerprint density at radius 1 is 1.12 bits per heavy atom. The van der Waals surface area contributed by atoms with E-state index in [-0.39, 0.29) is 0 Å². The molecule has 17 heavy (non-hydrogen) atoms. The molecule has 1 heterocycles. The summed E-state index contributed by atoms with van der Waals surface area (Å²) in [5.41, 5.74) is 2.88. The van der Waals surface area contributed by atoms with E-state index >= 15 is 0 Å².